The van der Waals surface area contributed by atoms with E-state index in [0.29, 0.717) is 0 Å². The molecular weight excluding hydrogens is 306 g/mol. The summed E-state index contributed by atoms with van der Waals surface area (Å²) in [7, 11) is 0. The van der Waals surface area contributed by atoms with Gasteiger partial charge in [0, 0.05) is 6.42 Å². The van der Waals surface area contributed by atoms with Crippen molar-refractivity contribution >= 4 is 23.2 Å². The number of nitrogens with one attached hydrogen (secondary N) is 1. The summed E-state index contributed by atoms with van der Waals surface area (Å²) in [5.41, 5.74) is 0. The Morgan fingerprint density at radius 3 is 2.52 bits per heavy atom. The topological polar surface area (TPSA) is 160 Å². The molecule has 6 atom stereocenters. The predicted octanol–water partition coefficient (Wildman–Crippen LogP) is -3.07. The van der Waals surface area contributed by atoms with Crippen molar-refractivity contribution in [1.82, 2.24) is 5.32 Å². The van der Waals surface area contributed by atoms with Crippen LogP contribution in [0.2, 0.25) is 0 Å². The van der Waals surface area contributed by atoms with Gasteiger partial charge < -0.3 is 40.7 Å². The number of thiocarbonyl (C=S) groups is 1. The van der Waals surface area contributed by atoms with Crippen LogP contribution >= 0.6 is 12.2 Å². The Hall–Kier alpha value is -0.880. The zero-order chi connectivity index (χ0) is 16.4. The van der Waals surface area contributed by atoms with Crippen molar-refractivity contribution < 1.29 is 40.2 Å². The van der Waals surface area contributed by atoms with Crippen LogP contribution in [0.5, 0.6) is 0 Å². The van der Waals surface area contributed by atoms with E-state index in [1.54, 1.807) is 0 Å². The number of hydrogen-bond acceptors (Lipinski definition) is 8. The van der Waals surface area contributed by atoms with Crippen molar-refractivity contribution in [2.75, 3.05) is 6.61 Å². The standard InChI is InChI=1S/C11H19NO8S/c1-4(21)12-7-5(14)2-11(19,10(17)18)20-9(7)8(16)6(15)3-13/h5-9,13-16,19H,2-3H2,1H3,(H,12,21)(H,17,18)/t5-,6+,7+,8+,9+,11+/m0/s1. The lowest BCUT2D eigenvalue weighted by Gasteiger charge is -2.44. The van der Waals surface area contributed by atoms with Gasteiger partial charge in [-0.05, 0) is 6.92 Å². The Morgan fingerprint density at radius 1 is 1.52 bits per heavy atom. The molecule has 21 heavy (non-hydrogen) atoms. The number of carbonyl (C=O) groups is 1. The minimum Gasteiger partial charge on any atom is -0.477 e. The van der Waals surface area contributed by atoms with Crippen LogP contribution in [0, 0.1) is 0 Å². The largest absolute Gasteiger partial charge is 0.477 e. The van der Waals surface area contributed by atoms with Crippen molar-refractivity contribution in [2.24, 2.45) is 0 Å². The number of ether oxygens (including phenoxy) is 1. The van der Waals surface area contributed by atoms with E-state index >= 15 is 0 Å². The van der Waals surface area contributed by atoms with Crippen LogP contribution in [0.25, 0.3) is 0 Å². The molecule has 0 aromatic rings. The van der Waals surface area contributed by atoms with Gasteiger partial charge in [0.1, 0.15) is 18.3 Å². The zero-order valence-electron chi connectivity index (χ0n) is 11.2. The Labute approximate surface area is 125 Å². The van der Waals surface area contributed by atoms with E-state index in [9.17, 15) is 25.2 Å². The molecular formula is C11H19NO8S. The number of hydrogen-bond donors (Lipinski definition) is 7. The highest BCUT2D eigenvalue weighted by Crippen LogP contribution is 2.30. The van der Waals surface area contributed by atoms with Crippen molar-refractivity contribution in [1.29, 1.82) is 0 Å². The lowest BCUT2D eigenvalue weighted by molar-refractivity contribution is -0.294. The van der Waals surface area contributed by atoms with E-state index in [0.717, 1.165) is 0 Å². The van der Waals surface area contributed by atoms with Crippen LogP contribution in [-0.4, -0.2) is 84.4 Å². The van der Waals surface area contributed by atoms with Crippen LogP contribution in [0.1, 0.15) is 13.3 Å². The molecule has 0 aromatic heterocycles. The first-order valence-electron chi connectivity index (χ1n) is 6.18. The molecule has 0 amide bonds. The number of carboxylic acid groups (broad SMARTS) is 1. The molecule has 1 saturated heterocycles. The first-order chi connectivity index (χ1) is 9.62. The average Bonchev–Trinajstić information content (AvgIpc) is 2.39. The minimum atomic E-state index is -2.71. The maximum atomic E-state index is 11.0. The van der Waals surface area contributed by atoms with Crippen molar-refractivity contribution in [2.45, 2.75) is 49.6 Å². The summed E-state index contributed by atoms with van der Waals surface area (Å²) in [4.78, 5) is 11.3. The highest BCUT2D eigenvalue weighted by atomic mass is 32.1. The molecule has 10 heteroatoms. The SMILES string of the molecule is CC(=S)N[C@H]1[C@H]([C@H](O)[C@H](O)CO)O[C@@](O)(C(=O)O)C[C@@H]1O. The lowest BCUT2D eigenvalue weighted by atomic mass is 9.88. The number of carboxylic acids is 1. The molecule has 0 bridgehead atoms. The maximum Gasteiger partial charge on any atom is 0.364 e. The number of aliphatic hydroxyl groups is 5. The van der Waals surface area contributed by atoms with E-state index in [1.807, 2.05) is 0 Å². The van der Waals surface area contributed by atoms with Crippen LogP contribution in [0.3, 0.4) is 0 Å². The molecule has 0 spiro atoms. The van der Waals surface area contributed by atoms with Gasteiger partial charge in [-0.2, -0.15) is 0 Å². The van der Waals surface area contributed by atoms with E-state index in [1.165, 1.54) is 6.92 Å². The van der Waals surface area contributed by atoms with Gasteiger partial charge in [0.05, 0.1) is 23.7 Å². The third-order valence-corrected chi connectivity index (χ3v) is 3.33. The van der Waals surface area contributed by atoms with Gasteiger partial charge in [-0.15, -0.1) is 0 Å². The zero-order valence-corrected chi connectivity index (χ0v) is 12.0. The molecule has 1 heterocycles. The Balaban J connectivity index is 3.07. The molecule has 0 aromatic carbocycles. The second kappa shape index (κ2) is 6.92. The van der Waals surface area contributed by atoms with E-state index in [-0.39, 0.29) is 4.99 Å². The molecule has 0 saturated carbocycles. The summed E-state index contributed by atoms with van der Waals surface area (Å²) in [5.74, 6) is -4.46. The maximum absolute atomic E-state index is 11.0. The molecule has 0 aliphatic carbocycles. The Bertz CT molecular complexity index is 408. The van der Waals surface area contributed by atoms with Crippen molar-refractivity contribution in [3.8, 4) is 0 Å². The average molecular weight is 325 g/mol. The van der Waals surface area contributed by atoms with Crippen LogP contribution < -0.4 is 5.32 Å². The number of aliphatic carboxylic acids is 1. The monoisotopic (exact) mass is 325 g/mol. The lowest BCUT2D eigenvalue weighted by Crippen LogP contribution is -2.67. The Kier molecular flexibility index (Phi) is 5.99. The summed E-state index contributed by atoms with van der Waals surface area (Å²) in [6, 6.07) is -1.06. The summed E-state index contributed by atoms with van der Waals surface area (Å²) in [6.07, 6.45) is -6.96. The molecule has 1 fully saturated rings. The third-order valence-electron chi connectivity index (χ3n) is 3.21. The van der Waals surface area contributed by atoms with E-state index in [2.05, 4.69) is 5.32 Å². The summed E-state index contributed by atoms with van der Waals surface area (Å²) in [5, 5.41) is 59.7. The minimum absolute atomic E-state index is 0.235. The van der Waals surface area contributed by atoms with Crippen molar-refractivity contribution in [3.05, 3.63) is 0 Å². The molecule has 0 unspecified atom stereocenters. The van der Waals surface area contributed by atoms with Crippen molar-refractivity contribution in [3.63, 3.8) is 0 Å². The second-order valence-corrected chi connectivity index (χ2v) is 5.52. The van der Waals surface area contributed by atoms with Gasteiger partial charge in [-0.3, -0.25) is 0 Å². The van der Waals surface area contributed by atoms with E-state index < -0.39 is 55.2 Å². The fraction of sp³-hybridized carbons (Fsp3) is 0.818. The van der Waals surface area contributed by atoms with Gasteiger partial charge in [-0.25, -0.2) is 4.79 Å². The third kappa shape index (κ3) is 4.07. The fourth-order valence-electron chi connectivity index (χ4n) is 2.14. The fourth-order valence-corrected chi connectivity index (χ4v) is 2.27. The molecule has 0 radical (unpaired) electrons. The van der Waals surface area contributed by atoms with Gasteiger partial charge >= 0.3 is 5.97 Å². The van der Waals surface area contributed by atoms with Gasteiger partial charge in [0.15, 0.2) is 0 Å². The predicted molar refractivity (Wildman–Crippen MR) is 72.4 cm³/mol. The quantitative estimate of drug-likeness (QED) is 0.258. The normalized spacial score (nSPS) is 35.8. The number of rotatable bonds is 5. The molecule has 1 aliphatic heterocycles. The highest BCUT2D eigenvalue weighted by Gasteiger charge is 2.53. The van der Waals surface area contributed by atoms with Gasteiger partial charge in [0.2, 0.25) is 0 Å². The summed E-state index contributed by atoms with van der Waals surface area (Å²) in [6.45, 7) is 0.678. The molecule has 7 N–H and O–H groups in total. The molecule has 122 valence electrons. The van der Waals surface area contributed by atoms with Crippen LogP contribution in [-0.2, 0) is 9.53 Å². The van der Waals surface area contributed by atoms with E-state index in [4.69, 9.17) is 27.2 Å². The summed E-state index contributed by atoms with van der Waals surface area (Å²) < 4.78 is 4.96. The summed E-state index contributed by atoms with van der Waals surface area (Å²) >= 11 is 4.82. The number of aliphatic hydroxyl groups excluding tert-OH is 4. The molecule has 1 rings (SSSR count). The second-order valence-electron chi connectivity index (χ2n) is 4.91. The highest BCUT2D eigenvalue weighted by molar-refractivity contribution is 7.80. The van der Waals surface area contributed by atoms with Crippen LogP contribution in [0.15, 0.2) is 0 Å². The molecule has 9 nitrogen and oxygen atoms in total. The van der Waals surface area contributed by atoms with Crippen LogP contribution in [0.4, 0.5) is 0 Å². The van der Waals surface area contributed by atoms with Gasteiger partial charge in [-0.1, -0.05) is 12.2 Å². The first-order valence-corrected chi connectivity index (χ1v) is 6.59. The van der Waals surface area contributed by atoms with Gasteiger partial charge in [0.25, 0.3) is 5.79 Å². The smallest absolute Gasteiger partial charge is 0.364 e. The molecule has 1 aliphatic rings. The first kappa shape index (κ1) is 18.2. The Morgan fingerprint density at radius 2 is 2.10 bits per heavy atom.